The molecular formula is C32H33FN2O2. The Morgan fingerprint density at radius 2 is 1.62 bits per heavy atom. The highest BCUT2D eigenvalue weighted by Gasteiger charge is 2.44. The van der Waals surface area contributed by atoms with Crippen molar-refractivity contribution in [2.75, 3.05) is 23.9 Å². The molecule has 2 fully saturated rings. The lowest BCUT2D eigenvalue weighted by molar-refractivity contribution is -0.124. The lowest BCUT2D eigenvalue weighted by Crippen LogP contribution is -2.38. The van der Waals surface area contributed by atoms with Gasteiger partial charge in [-0.2, -0.15) is 0 Å². The molecule has 5 rings (SSSR count). The molecule has 0 heterocycles. The van der Waals surface area contributed by atoms with E-state index in [4.69, 9.17) is 0 Å². The van der Waals surface area contributed by atoms with Gasteiger partial charge in [0.1, 0.15) is 12.1 Å². The minimum Gasteiger partial charge on any atom is -0.378 e. The Kier molecular flexibility index (Phi) is 7.22. The Bertz CT molecular complexity index is 1300. The van der Waals surface area contributed by atoms with E-state index in [0.717, 1.165) is 41.6 Å². The number of nitrogens with zero attached hydrogens (tertiary/aromatic N) is 2. The molecule has 3 aromatic carbocycles. The summed E-state index contributed by atoms with van der Waals surface area (Å²) < 4.78 is 14.6. The monoisotopic (exact) mass is 496 g/mol. The van der Waals surface area contributed by atoms with Crippen LogP contribution in [0.25, 0.3) is 17.2 Å². The summed E-state index contributed by atoms with van der Waals surface area (Å²) in [5, 5.41) is 0. The van der Waals surface area contributed by atoms with Gasteiger partial charge in [0.2, 0.25) is 5.91 Å². The number of carbonyl (C=O) groups excluding carboxylic acids is 2. The number of rotatable bonds is 8. The maximum Gasteiger partial charge on any atom is 0.230 e. The van der Waals surface area contributed by atoms with E-state index in [2.05, 4.69) is 41.3 Å². The van der Waals surface area contributed by atoms with Crippen LogP contribution in [-0.4, -0.2) is 26.3 Å². The van der Waals surface area contributed by atoms with Gasteiger partial charge in [0.25, 0.3) is 0 Å². The maximum absolute atomic E-state index is 14.6. The van der Waals surface area contributed by atoms with Gasteiger partial charge in [-0.15, -0.1) is 0 Å². The average molecular weight is 497 g/mol. The van der Waals surface area contributed by atoms with Crippen LogP contribution in [0, 0.1) is 23.6 Å². The number of aldehydes is 1. The second-order valence-electron chi connectivity index (χ2n) is 10.6. The molecule has 4 nitrogen and oxygen atoms in total. The Labute approximate surface area is 218 Å². The molecule has 2 saturated carbocycles. The van der Waals surface area contributed by atoms with Crippen LogP contribution in [0.4, 0.5) is 15.8 Å². The first-order chi connectivity index (χ1) is 17.9. The lowest BCUT2D eigenvalue weighted by atomic mass is 9.87. The van der Waals surface area contributed by atoms with Crippen molar-refractivity contribution in [2.45, 2.75) is 32.2 Å². The third kappa shape index (κ3) is 5.51. The van der Waals surface area contributed by atoms with Crippen molar-refractivity contribution in [1.29, 1.82) is 0 Å². The van der Waals surface area contributed by atoms with Crippen molar-refractivity contribution in [3.63, 3.8) is 0 Å². The average Bonchev–Trinajstić information content (AvgIpc) is 3.54. The van der Waals surface area contributed by atoms with E-state index < -0.39 is 5.82 Å². The van der Waals surface area contributed by atoms with Crippen LogP contribution in [0.15, 0.2) is 72.8 Å². The van der Waals surface area contributed by atoms with Crippen LogP contribution in [-0.2, 0) is 16.1 Å². The summed E-state index contributed by atoms with van der Waals surface area (Å²) in [6, 6.07) is 21.2. The number of hydrogen-bond acceptors (Lipinski definition) is 3. The third-order valence-electron chi connectivity index (χ3n) is 7.92. The molecule has 3 unspecified atom stereocenters. The number of allylic oxidation sites excluding steroid dienone is 1. The van der Waals surface area contributed by atoms with Gasteiger partial charge in [0.05, 0.1) is 6.54 Å². The third-order valence-corrected chi connectivity index (χ3v) is 7.92. The van der Waals surface area contributed by atoms with Crippen LogP contribution in [0.5, 0.6) is 0 Å². The zero-order valence-electron chi connectivity index (χ0n) is 21.4. The van der Waals surface area contributed by atoms with Gasteiger partial charge in [-0.25, -0.2) is 4.39 Å². The standard InChI is InChI=1S/C32H33FN2O2/c1-34(2)29-13-11-26(12-14-29)25-8-5-22(6-9-25)21-35(32(37)31-19-24-7-10-27(31)16-24)30-18-23(4-3-15-36)17-28(33)20-30/h3-6,8-9,11-15,17-18,20,24,27,31H,7,10,16,19,21H2,1-2H3/b4-3+. The largest absolute Gasteiger partial charge is 0.378 e. The van der Waals surface area contributed by atoms with Crippen molar-refractivity contribution < 1.29 is 14.0 Å². The molecule has 0 spiro atoms. The highest BCUT2D eigenvalue weighted by Crippen LogP contribution is 2.49. The van der Waals surface area contributed by atoms with Crippen molar-refractivity contribution in [3.05, 3.63) is 89.8 Å². The molecule has 0 radical (unpaired) electrons. The zero-order valence-corrected chi connectivity index (χ0v) is 21.4. The first-order valence-electron chi connectivity index (χ1n) is 13.0. The van der Waals surface area contributed by atoms with Crippen LogP contribution in [0.1, 0.15) is 36.8 Å². The number of anilines is 2. The second kappa shape index (κ2) is 10.7. The predicted octanol–water partition coefficient (Wildman–Crippen LogP) is 6.74. The zero-order chi connectivity index (χ0) is 25.9. The van der Waals surface area contributed by atoms with E-state index in [1.54, 1.807) is 17.0 Å². The second-order valence-corrected chi connectivity index (χ2v) is 10.6. The van der Waals surface area contributed by atoms with Crippen molar-refractivity contribution >= 4 is 29.6 Å². The highest BCUT2D eigenvalue weighted by atomic mass is 19.1. The number of hydrogen-bond donors (Lipinski definition) is 0. The van der Waals surface area contributed by atoms with Gasteiger partial charge in [-0.1, -0.05) is 48.9 Å². The Hall–Kier alpha value is -3.73. The number of carbonyl (C=O) groups is 2. The van der Waals surface area contributed by atoms with E-state index >= 15 is 0 Å². The predicted molar refractivity (Wildman–Crippen MR) is 148 cm³/mol. The summed E-state index contributed by atoms with van der Waals surface area (Å²) in [4.78, 5) is 28.5. The van der Waals surface area contributed by atoms with Crippen LogP contribution < -0.4 is 9.80 Å². The molecule has 0 N–H and O–H groups in total. The normalized spacial score (nSPS) is 20.4. The molecule has 1 amide bonds. The van der Waals surface area contributed by atoms with E-state index in [9.17, 15) is 14.0 Å². The molecular weight excluding hydrogens is 463 g/mol. The van der Waals surface area contributed by atoms with E-state index in [0.29, 0.717) is 35.9 Å². The van der Waals surface area contributed by atoms with Crippen molar-refractivity contribution in [3.8, 4) is 11.1 Å². The van der Waals surface area contributed by atoms with Gasteiger partial charge in [0.15, 0.2) is 0 Å². The van der Waals surface area contributed by atoms with Crippen LogP contribution in [0.2, 0.25) is 0 Å². The Morgan fingerprint density at radius 1 is 0.919 bits per heavy atom. The van der Waals surface area contributed by atoms with Gasteiger partial charge >= 0.3 is 0 Å². The quantitative estimate of drug-likeness (QED) is 0.256. The van der Waals surface area contributed by atoms with Crippen LogP contribution >= 0.6 is 0 Å². The number of amides is 1. The SMILES string of the molecule is CN(C)c1ccc(-c2ccc(CN(C(=O)C3CC4CCC3C4)c3cc(F)cc(/C=C/C=O)c3)cc2)cc1. The van der Waals surface area contributed by atoms with Crippen molar-refractivity contribution in [2.24, 2.45) is 17.8 Å². The molecule has 3 aromatic rings. The van der Waals surface area contributed by atoms with Gasteiger partial charge in [0, 0.05) is 31.4 Å². The molecule has 2 bridgehead atoms. The summed E-state index contributed by atoms with van der Waals surface area (Å²) in [6.07, 6.45) is 7.94. The summed E-state index contributed by atoms with van der Waals surface area (Å²) >= 11 is 0. The Morgan fingerprint density at radius 3 is 2.22 bits per heavy atom. The molecule has 0 aromatic heterocycles. The minimum atomic E-state index is -0.426. The highest BCUT2D eigenvalue weighted by molar-refractivity contribution is 5.96. The summed E-state index contributed by atoms with van der Waals surface area (Å²) in [5.41, 5.74) is 5.45. The fourth-order valence-electron chi connectivity index (χ4n) is 5.98. The first-order valence-corrected chi connectivity index (χ1v) is 13.0. The summed E-state index contributed by atoms with van der Waals surface area (Å²) in [7, 11) is 4.04. The summed E-state index contributed by atoms with van der Waals surface area (Å²) in [6.45, 7) is 0.368. The van der Waals surface area contributed by atoms with E-state index in [1.165, 1.54) is 24.6 Å². The Balaban J connectivity index is 1.43. The fraction of sp³-hybridized carbons (Fsp3) is 0.312. The molecule has 5 heteroatoms. The molecule has 3 atom stereocenters. The van der Waals surface area contributed by atoms with Gasteiger partial charge in [-0.05, 0) is 89.8 Å². The van der Waals surface area contributed by atoms with Crippen molar-refractivity contribution in [1.82, 2.24) is 0 Å². The maximum atomic E-state index is 14.6. The minimum absolute atomic E-state index is 0.00882. The summed E-state index contributed by atoms with van der Waals surface area (Å²) in [5.74, 6) is 0.704. The number of fused-ring (bicyclic) bond motifs is 2. The molecule has 2 aliphatic carbocycles. The first kappa shape index (κ1) is 24.9. The molecule has 0 saturated heterocycles. The van der Waals surface area contributed by atoms with Gasteiger partial charge in [-0.3, -0.25) is 9.59 Å². The fourth-order valence-corrected chi connectivity index (χ4v) is 5.98. The van der Waals surface area contributed by atoms with Gasteiger partial charge < -0.3 is 9.80 Å². The lowest BCUT2D eigenvalue weighted by Gasteiger charge is -2.30. The molecule has 37 heavy (non-hydrogen) atoms. The molecule has 0 aliphatic heterocycles. The smallest absolute Gasteiger partial charge is 0.230 e. The number of benzene rings is 3. The van der Waals surface area contributed by atoms with E-state index in [1.807, 2.05) is 26.2 Å². The number of halogens is 1. The molecule has 2 aliphatic rings. The van der Waals surface area contributed by atoms with E-state index in [-0.39, 0.29) is 11.8 Å². The molecule has 190 valence electrons. The topological polar surface area (TPSA) is 40.6 Å². The van der Waals surface area contributed by atoms with Crippen LogP contribution in [0.3, 0.4) is 0 Å².